The molecule has 0 aromatic heterocycles. The molecule has 1 fully saturated rings. The molecule has 2 heteroatoms. The molecule has 0 atom stereocenters. The number of hydrogen-bond acceptors (Lipinski definition) is 2. The van der Waals surface area contributed by atoms with Crippen molar-refractivity contribution in [2.24, 2.45) is 5.92 Å². The normalized spacial score (nSPS) is 19.4. The quantitative estimate of drug-likeness (QED) is 0.525. The molecule has 0 spiro atoms. The van der Waals surface area contributed by atoms with Crippen LogP contribution in [-0.4, -0.2) is 37.6 Å². The van der Waals surface area contributed by atoms with Crippen LogP contribution in [0.25, 0.3) is 0 Å². The Kier molecular flexibility index (Phi) is 5.66. The summed E-state index contributed by atoms with van der Waals surface area (Å²) in [5.74, 6) is 3.52. The molecule has 0 unspecified atom stereocenters. The molecule has 1 aliphatic rings. The molecular formula is C12H22N2. The van der Waals surface area contributed by atoms with E-state index in [1.165, 1.54) is 32.5 Å². The van der Waals surface area contributed by atoms with E-state index in [0.717, 1.165) is 25.4 Å². The topological polar surface area (TPSA) is 15.3 Å². The zero-order valence-electron chi connectivity index (χ0n) is 9.26. The molecule has 0 aromatic rings. The molecule has 14 heavy (non-hydrogen) atoms. The fraction of sp³-hybridized carbons (Fsp3) is 0.833. The molecule has 1 rings (SSSR count). The number of terminal acetylenes is 1. The van der Waals surface area contributed by atoms with Gasteiger partial charge in [0.1, 0.15) is 0 Å². The molecule has 0 aromatic carbocycles. The van der Waals surface area contributed by atoms with Crippen molar-refractivity contribution < 1.29 is 0 Å². The summed E-state index contributed by atoms with van der Waals surface area (Å²) in [6, 6.07) is 0. The first-order valence-electron chi connectivity index (χ1n) is 5.73. The van der Waals surface area contributed by atoms with Gasteiger partial charge in [0.05, 0.1) is 0 Å². The monoisotopic (exact) mass is 194 g/mol. The van der Waals surface area contributed by atoms with Crippen LogP contribution in [0.1, 0.15) is 26.2 Å². The first-order chi connectivity index (χ1) is 6.86. The Bertz CT molecular complexity index is 175. The average Bonchev–Trinajstić information content (AvgIpc) is 2.25. The summed E-state index contributed by atoms with van der Waals surface area (Å²) in [5.41, 5.74) is 0. The third kappa shape index (κ3) is 4.13. The Labute approximate surface area is 88.1 Å². The summed E-state index contributed by atoms with van der Waals surface area (Å²) >= 11 is 0. The standard InChI is InChI=1S/C12H22N2/c1-3-5-8-13-11-12-6-9-14(4-2)10-7-12/h1,12-13H,4-11H2,2H3. The highest BCUT2D eigenvalue weighted by atomic mass is 15.1. The van der Waals surface area contributed by atoms with Crippen molar-refractivity contribution in [1.29, 1.82) is 0 Å². The maximum Gasteiger partial charge on any atom is 0.0211 e. The minimum Gasteiger partial charge on any atom is -0.316 e. The highest BCUT2D eigenvalue weighted by Gasteiger charge is 2.16. The lowest BCUT2D eigenvalue weighted by Gasteiger charge is -2.31. The van der Waals surface area contributed by atoms with Crippen molar-refractivity contribution in [2.45, 2.75) is 26.2 Å². The predicted molar refractivity (Wildman–Crippen MR) is 61.2 cm³/mol. The Morgan fingerprint density at radius 1 is 1.43 bits per heavy atom. The van der Waals surface area contributed by atoms with Crippen molar-refractivity contribution in [3.05, 3.63) is 0 Å². The molecule has 1 saturated heterocycles. The van der Waals surface area contributed by atoms with Gasteiger partial charge < -0.3 is 10.2 Å². The van der Waals surface area contributed by atoms with Crippen molar-refractivity contribution in [2.75, 3.05) is 32.7 Å². The zero-order valence-corrected chi connectivity index (χ0v) is 9.26. The highest BCUT2D eigenvalue weighted by Crippen LogP contribution is 2.15. The Hall–Kier alpha value is -0.520. The lowest BCUT2D eigenvalue weighted by molar-refractivity contribution is 0.190. The van der Waals surface area contributed by atoms with E-state index in [9.17, 15) is 0 Å². The highest BCUT2D eigenvalue weighted by molar-refractivity contribution is 4.84. The van der Waals surface area contributed by atoms with E-state index in [0.29, 0.717) is 0 Å². The second kappa shape index (κ2) is 6.86. The molecule has 1 heterocycles. The molecule has 0 aliphatic carbocycles. The second-order valence-electron chi connectivity index (χ2n) is 4.04. The number of nitrogens with zero attached hydrogens (tertiary/aromatic N) is 1. The summed E-state index contributed by atoms with van der Waals surface area (Å²) < 4.78 is 0. The van der Waals surface area contributed by atoms with Crippen molar-refractivity contribution >= 4 is 0 Å². The summed E-state index contributed by atoms with van der Waals surface area (Å²) in [7, 11) is 0. The lowest BCUT2D eigenvalue weighted by Crippen LogP contribution is -2.37. The molecular weight excluding hydrogens is 172 g/mol. The molecule has 0 amide bonds. The average molecular weight is 194 g/mol. The fourth-order valence-electron chi connectivity index (χ4n) is 1.97. The van der Waals surface area contributed by atoms with Gasteiger partial charge in [-0.3, -0.25) is 0 Å². The van der Waals surface area contributed by atoms with Crippen LogP contribution in [0.5, 0.6) is 0 Å². The van der Waals surface area contributed by atoms with Crippen molar-refractivity contribution in [3.8, 4) is 12.3 Å². The van der Waals surface area contributed by atoms with Gasteiger partial charge in [-0.05, 0) is 44.9 Å². The lowest BCUT2D eigenvalue weighted by atomic mass is 9.97. The van der Waals surface area contributed by atoms with E-state index in [2.05, 4.69) is 23.1 Å². The van der Waals surface area contributed by atoms with Gasteiger partial charge in [0.2, 0.25) is 0 Å². The molecule has 80 valence electrons. The van der Waals surface area contributed by atoms with Gasteiger partial charge >= 0.3 is 0 Å². The molecule has 2 nitrogen and oxygen atoms in total. The van der Waals surface area contributed by atoms with Crippen LogP contribution < -0.4 is 5.32 Å². The number of rotatable bonds is 5. The molecule has 0 saturated carbocycles. The van der Waals surface area contributed by atoms with Crippen molar-refractivity contribution in [3.63, 3.8) is 0 Å². The van der Waals surface area contributed by atoms with Gasteiger partial charge in [-0.1, -0.05) is 6.92 Å². The minimum absolute atomic E-state index is 0.855. The van der Waals surface area contributed by atoms with Crippen LogP contribution in [0.15, 0.2) is 0 Å². The molecule has 0 bridgehead atoms. The number of nitrogens with one attached hydrogen (secondary N) is 1. The van der Waals surface area contributed by atoms with Gasteiger partial charge in [-0.15, -0.1) is 12.3 Å². The second-order valence-corrected chi connectivity index (χ2v) is 4.04. The van der Waals surface area contributed by atoms with Gasteiger partial charge in [-0.25, -0.2) is 0 Å². The predicted octanol–water partition coefficient (Wildman–Crippen LogP) is 1.33. The van der Waals surface area contributed by atoms with E-state index in [1.807, 2.05) is 0 Å². The third-order valence-electron chi connectivity index (χ3n) is 3.03. The molecule has 1 aliphatic heterocycles. The minimum atomic E-state index is 0.855. The van der Waals surface area contributed by atoms with E-state index in [4.69, 9.17) is 6.42 Å². The Morgan fingerprint density at radius 2 is 2.14 bits per heavy atom. The van der Waals surface area contributed by atoms with E-state index < -0.39 is 0 Å². The van der Waals surface area contributed by atoms with E-state index in [1.54, 1.807) is 0 Å². The summed E-state index contributed by atoms with van der Waals surface area (Å²) in [5, 5.41) is 3.43. The number of likely N-dealkylation sites (tertiary alicyclic amines) is 1. The van der Waals surface area contributed by atoms with Crippen LogP contribution in [0, 0.1) is 18.3 Å². The first-order valence-corrected chi connectivity index (χ1v) is 5.73. The van der Waals surface area contributed by atoms with Gasteiger partial charge in [-0.2, -0.15) is 0 Å². The third-order valence-corrected chi connectivity index (χ3v) is 3.03. The number of piperidine rings is 1. The largest absolute Gasteiger partial charge is 0.316 e. The molecule has 0 radical (unpaired) electrons. The van der Waals surface area contributed by atoms with Crippen LogP contribution in [-0.2, 0) is 0 Å². The molecule has 1 N–H and O–H groups in total. The summed E-state index contributed by atoms with van der Waals surface area (Å²) in [6.45, 7) is 8.13. The maximum absolute atomic E-state index is 5.19. The summed E-state index contributed by atoms with van der Waals surface area (Å²) in [4.78, 5) is 2.53. The van der Waals surface area contributed by atoms with Gasteiger partial charge in [0.15, 0.2) is 0 Å². The summed E-state index contributed by atoms with van der Waals surface area (Å²) in [6.07, 6.45) is 8.73. The smallest absolute Gasteiger partial charge is 0.0211 e. The van der Waals surface area contributed by atoms with E-state index in [-0.39, 0.29) is 0 Å². The van der Waals surface area contributed by atoms with Gasteiger partial charge in [0.25, 0.3) is 0 Å². The van der Waals surface area contributed by atoms with Gasteiger partial charge in [0, 0.05) is 13.0 Å². The SMILES string of the molecule is C#CCCNCC1CCN(CC)CC1. The fourth-order valence-corrected chi connectivity index (χ4v) is 1.97. The Morgan fingerprint density at radius 3 is 2.71 bits per heavy atom. The zero-order chi connectivity index (χ0) is 10.2. The van der Waals surface area contributed by atoms with Crippen molar-refractivity contribution in [1.82, 2.24) is 10.2 Å². The van der Waals surface area contributed by atoms with Crippen LogP contribution in [0.3, 0.4) is 0 Å². The maximum atomic E-state index is 5.19. The first kappa shape index (κ1) is 11.6. The van der Waals surface area contributed by atoms with Crippen LogP contribution >= 0.6 is 0 Å². The van der Waals surface area contributed by atoms with Crippen LogP contribution in [0.4, 0.5) is 0 Å². The van der Waals surface area contributed by atoms with Crippen LogP contribution in [0.2, 0.25) is 0 Å². The van der Waals surface area contributed by atoms with E-state index >= 15 is 0 Å². The number of hydrogen-bond donors (Lipinski definition) is 1. The Balaban J connectivity index is 2.02.